The van der Waals surface area contributed by atoms with Crippen LogP contribution in [-0.2, 0) is 6.42 Å². The van der Waals surface area contributed by atoms with Crippen LogP contribution in [0.25, 0.3) is 10.9 Å². The Labute approximate surface area is 147 Å². The Kier molecular flexibility index (Phi) is 4.14. The molecule has 0 atom stereocenters. The normalized spacial score (nSPS) is 14.9. The van der Waals surface area contributed by atoms with Crippen molar-refractivity contribution in [3.05, 3.63) is 88.1 Å². The van der Waals surface area contributed by atoms with Crippen molar-refractivity contribution in [1.82, 2.24) is 4.98 Å². The summed E-state index contributed by atoms with van der Waals surface area (Å²) in [7, 11) is 0. The van der Waals surface area contributed by atoms with Gasteiger partial charge in [-0.25, -0.2) is 0 Å². The lowest BCUT2D eigenvalue weighted by atomic mass is 10.0. The number of fused-ring (bicyclic) bond motifs is 1. The third-order valence-electron chi connectivity index (χ3n) is 4.99. The van der Waals surface area contributed by atoms with Crippen LogP contribution in [0.5, 0.6) is 0 Å². The van der Waals surface area contributed by atoms with E-state index in [4.69, 9.17) is 0 Å². The van der Waals surface area contributed by atoms with Gasteiger partial charge in [-0.2, -0.15) is 0 Å². The average Bonchev–Trinajstić information content (AvgIpc) is 2.64. The minimum absolute atomic E-state index is 0.0862. The van der Waals surface area contributed by atoms with Gasteiger partial charge in [0.1, 0.15) is 5.82 Å². The first-order valence-electron chi connectivity index (χ1n) is 8.81. The summed E-state index contributed by atoms with van der Waals surface area (Å²) in [6, 6.07) is 18.1. The lowest BCUT2D eigenvalue weighted by Crippen LogP contribution is -2.31. The number of anilines is 1. The van der Waals surface area contributed by atoms with Crippen molar-refractivity contribution >= 4 is 16.7 Å². The van der Waals surface area contributed by atoms with E-state index in [1.165, 1.54) is 11.1 Å². The molecule has 0 aliphatic carbocycles. The molecular formula is C22H22N2O. The largest absolute Gasteiger partial charge is 0.357 e. The standard InChI is InChI=1S/C22H22N2O/c1-16-10-12-24(13-11-16)21-15-20(25)19-9-5-8-18(22(19)23-21)14-17-6-3-2-4-7-17/h2-9,15H,1,10-14H2,(H,23,25). The fraction of sp³-hybridized carbons (Fsp3) is 0.227. The number of para-hydroxylation sites is 1. The first kappa shape index (κ1) is 15.7. The van der Waals surface area contributed by atoms with E-state index in [0.717, 1.165) is 54.6 Å². The molecule has 0 amide bonds. The summed E-state index contributed by atoms with van der Waals surface area (Å²) < 4.78 is 0. The van der Waals surface area contributed by atoms with Crippen LogP contribution in [0, 0.1) is 0 Å². The average molecular weight is 330 g/mol. The van der Waals surface area contributed by atoms with E-state index in [-0.39, 0.29) is 5.43 Å². The number of piperidine rings is 1. The molecule has 1 N–H and O–H groups in total. The van der Waals surface area contributed by atoms with Gasteiger partial charge in [0.05, 0.1) is 5.52 Å². The van der Waals surface area contributed by atoms with E-state index in [0.29, 0.717) is 0 Å². The Morgan fingerprint density at radius 2 is 1.76 bits per heavy atom. The second kappa shape index (κ2) is 6.60. The molecule has 1 saturated heterocycles. The molecule has 1 fully saturated rings. The van der Waals surface area contributed by atoms with Crippen LogP contribution >= 0.6 is 0 Å². The van der Waals surface area contributed by atoms with Gasteiger partial charge in [0.25, 0.3) is 0 Å². The van der Waals surface area contributed by atoms with Crippen LogP contribution in [0.2, 0.25) is 0 Å². The van der Waals surface area contributed by atoms with Crippen molar-refractivity contribution in [2.24, 2.45) is 0 Å². The zero-order valence-electron chi connectivity index (χ0n) is 14.3. The van der Waals surface area contributed by atoms with Gasteiger partial charge in [0.15, 0.2) is 5.43 Å². The van der Waals surface area contributed by atoms with Crippen molar-refractivity contribution in [2.45, 2.75) is 19.3 Å². The Bertz CT molecular complexity index is 962. The van der Waals surface area contributed by atoms with E-state index in [9.17, 15) is 4.79 Å². The predicted molar refractivity (Wildman–Crippen MR) is 104 cm³/mol. The zero-order chi connectivity index (χ0) is 17.2. The van der Waals surface area contributed by atoms with E-state index < -0.39 is 0 Å². The van der Waals surface area contributed by atoms with E-state index in [1.807, 2.05) is 18.2 Å². The van der Waals surface area contributed by atoms with Gasteiger partial charge < -0.3 is 9.88 Å². The summed E-state index contributed by atoms with van der Waals surface area (Å²) in [6.45, 7) is 5.91. The van der Waals surface area contributed by atoms with E-state index in [1.54, 1.807) is 6.07 Å². The van der Waals surface area contributed by atoms with Gasteiger partial charge >= 0.3 is 0 Å². The Balaban J connectivity index is 1.76. The van der Waals surface area contributed by atoms with Crippen molar-refractivity contribution in [2.75, 3.05) is 18.0 Å². The fourth-order valence-electron chi connectivity index (χ4n) is 3.52. The molecule has 2 aromatic carbocycles. The molecule has 4 rings (SSSR count). The number of benzene rings is 2. The van der Waals surface area contributed by atoms with Crippen LogP contribution in [0.3, 0.4) is 0 Å². The van der Waals surface area contributed by atoms with Gasteiger partial charge in [0, 0.05) is 24.5 Å². The fourth-order valence-corrected chi connectivity index (χ4v) is 3.52. The topological polar surface area (TPSA) is 36.1 Å². The van der Waals surface area contributed by atoms with Crippen molar-refractivity contribution in [3.8, 4) is 0 Å². The molecule has 0 saturated carbocycles. The Hall–Kier alpha value is -2.81. The third kappa shape index (κ3) is 3.22. The number of aromatic amines is 1. The summed E-state index contributed by atoms with van der Waals surface area (Å²) in [5.41, 5.74) is 4.74. The molecule has 3 heteroatoms. The lowest BCUT2D eigenvalue weighted by Gasteiger charge is -2.29. The first-order valence-corrected chi connectivity index (χ1v) is 8.81. The lowest BCUT2D eigenvalue weighted by molar-refractivity contribution is 0.680. The van der Waals surface area contributed by atoms with E-state index in [2.05, 4.69) is 46.8 Å². The summed E-state index contributed by atoms with van der Waals surface area (Å²) in [6.07, 6.45) is 2.80. The molecular weight excluding hydrogens is 308 g/mol. The highest BCUT2D eigenvalue weighted by Gasteiger charge is 2.16. The quantitative estimate of drug-likeness (QED) is 0.728. The number of hydrogen-bond acceptors (Lipinski definition) is 2. The molecule has 0 bridgehead atoms. The highest BCUT2D eigenvalue weighted by atomic mass is 16.1. The maximum absolute atomic E-state index is 12.6. The van der Waals surface area contributed by atoms with Crippen LogP contribution < -0.4 is 10.3 Å². The van der Waals surface area contributed by atoms with Gasteiger partial charge in [0.2, 0.25) is 0 Å². The second-order valence-corrected chi connectivity index (χ2v) is 6.76. The molecule has 126 valence electrons. The molecule has 25 heavy (non-hydrogen) atoms. The second-order valence-electron chi connectivity index (χ2n) is 6.76. The number of aromatic nitrogens is 1. The minimum atomic E-state index is 0.0862. The monoisotopic (exact) mass is 330 g/mol. The van der Waals surface area contributed by atoms with Crippen molar-refractivity contribution in [1.29, 1.82) is 0 Å². The molecule has 1 aliphatic rings. The van der Waals surface area contributed by atoms with Crippen LogP contribution in [0.1, 0.15) is 24.0 Å². The zero-order valence-corrected chi connectivity index (χ0v) is 14.3. The molecule has 0 spiro atoms. The van der Waals surface area contributed by atoms with Crippen molar-refractivity contribution < 1.29 is 0 Å². The molecule has 3 nitrogen and oxygen atoms in total. The molecule has 3 aromatic rings. The number of nitrogens with zero attached hydrogens (tertiary/aromatic N) is 1. The van der Waals surface area contributed by atoms with Gasteiger partial charge in [-0.15, -0.1) is 0 Å². The third-order valence-corrected chi connectivity index (χ3v) is 4.99. The van der Waals surface area contributed by atoms with Crippen LogP contribution in [0.4, 0.5) is 5.82 Å². The highest BCUT2D eigenvalue weighted by Crippen LogP contribution is 2.23. The van der Waals surface area contributed by atoms with Crippen LogP contribution in [-0.4, -0.2) is 18.1 Å². The number of H-pyrrole nitrogens is 1. The molecule has 0 unspecified atom stereocenters. The Morgan fingerprint density at radius 1 is 1.00 bits per heavy atom. The summed E-state index contributed by atoms with van der Waals surface area (Å²) >= 11 is 0. The molecule has 2 heterocycles. The molecule has 0 radical (unpaired) electrons. The summed E-state index contributed by atoms with van der Waals surface area (Å²) in [5, 5.41) is 0.763. The minimum Gasteiger partial charge on any atom is -0.357 e. The number of rotatable bonds is 3. The number of hydrogen-bond donors (Lipinski definition) is 1. The first-order chi connectivity index (χ1) is 12.2. The van der Waals surface area contributed by atoms with Crippen LogP contribution in [0.15, 0.2) is 71.5 Å². The molecule has 1 aliphatic heterocycles. The Morgan fingerprint density at radius 3 is 2.52 bits per heavy atom. The van der Waals surface area contributed by atoms with Gasteiger partial charge in [-0.3, -0.25) is 4.79 Å². The van der Waals surface area contributed by atoms with Crippen molar-refractivity contribution in [3.63, 3.8) is 0 Å². The SMILES string of the molecule is C=C1CCN(c2cc(=O)c3cccc(Cc4ccccc4)c3[nH]2)CC1. The number of nitrogens with one attached hydrogen (secondary N) is 1. The summed E-state index contributed by atoms with van der Waals surface area (Å²) in [4.78, 5) is 18.4. The predicted octanol–water partition coefficient (Wildman–Crippen LogP) is 4.28. The maximum Gasteiger partial charge on any atom is 0.191 e. The smallest absolute Gasteiger partial charge is 0.191 e. The maximum atomic E-state index is 12.6. The van der Waals surface area contributed by atoms with Gasteiger partial charge in [-0.05, 0) is 36.5 Å². The number of pyridine rings is 1. The summed E-state index contributed by atoms with van der Waals surface area (Å²) in [5.74, 6) is 0.922. The van der Waals surface area contributed by atoms with E-state index >= 15 is 0 Å². The van der Waals surface area contributed by atoms with Gasteiger partial charge in [-0.1, -0.05) is 54.6 Å². The highest BCUT2D eigenvalue weighted by molar-refractivity contribution is 5.83. The molecule has 1 aromatic heterocycles.